The van der Waals surface area contributed by atoms with Crippen molar-refractivity contribution in [3.05, 3.63) is 36.5 Å². The maximum absolute atomic E-state index is 10.4. The van der Waals surface area contributed by atoms with E-state index in [1.54, 1.807) is 0 Å². The van der Waals surface area contributed by atoms with Crippen LogP contribution >= 0.6 is 0 Å². The van der Waals surface area contributed by atoms with E-state index in [-0.39, 0.29) is 12.5 Å². The van der Waals surface area contributed by atoms with E-state index in [0.29, 0.717) is 0 Å². The molecule has 0 heterocycles. The summed E-state index contributed by atoms with van der Waals surface area (Å²) >= 11 is 0. The number of hydrogen-bond acceptors (Lipinski definition) is 3. The molecule has 2 N–H and O–H groups in total. The van der Waals surface area contributed by atoms with Crippen LogP contribution in [0.4, 0.5) is 0 Å². The monoisotopic (exact) mass is 310 g/mol. The molecule has 0 saturated heterocycles. The Balaban J connectivity index is 3.65. The standard InChI is InChI=1S/C18H30O4/c1-2-3-4-5-6-8-11-14-17(22-21)15-12-9-7-10-13-16-18(19)20/h3-4,6,8,11,14,17,21H,2,5,7,9-10,12-13,15-16H2,1H3,(H,19,20)/b4-3+,8-6+,14-11+/t17-/m1/s1. The van der Waals surface area contributed by atoms with Crippen LogP contribution < -0.4 is 0 Å². The first-order valence-corrected chi connectivity index (χ1v) is 8.21. The van der Waals surface area contributed by atoms with Crippen LogP contribution in [0.15, 0.2) is 36.5 Å². The number of carboxylic acids is 1. The fourth-order valence-electron chi connectivity index (χ4n) is 2.02. The molecule has 0 spiro atoms. The smallest absolute Gasteiger partial charge is 0.303 e. The topological polar surface area (TPSA) is 66.8 Å². The van der Waals surface area contributed by atoms with Gasteiger partial charge in [0.15, 0.2) is 0 Å². The fraction of sp³-hybridized carbons (Fsp3) is 0.611. The molecule has 0 fully saturated rings. The van der Waals surface area contributed by atoms with Crippen molar-refractivity contribution in [3.8, 4) is 0 Å². The predicted octanol–water partition coefficient (Wildman–Crippen LogP) is 5.13. The second-order valence-corrected chi connectivity index (χ2v) is 5.27. The van der Waals surface area contributed by atoms with E-state index in [9.17, 15) is 4.79 Å². The molecule has 0 aliphatic rings. The van der Waals surface area contributed by atoms with Gasteiger partial charge in [-0.15, -0.1) is 0 Å². The van der Waals surface area contributed by atoms with Gasteiger partial charge in [0.25, 0.3) is 0 Å². The molecule has 4 heteroatoms. The molecule has 126 valence electrons. The molecule has 0 bridgehead atoms. The molecule has 0 rings (SSSR count). The summed E-state index contributed by atoms with van der Waals surface area (Å²) in [5.41, 5.74) is 0. The van der Waals surface area contributed by atoms with Crippen molar-refractivity contribution in [1.82, 2.24) is 0 Å². The van der Waals surface area contributed by atoms with Crippen LogP contribution in [0.2, 0.25) is 0 Å². The molecule has 0 radical (unpaired) electrons. The molecule has 0 unspecified atom stereocenters. The Hall–Kier alpha value is -1.39. The number of unbranched alkanes of at least 4 members (excludes halogenated alkanes) is 4. The maximum atomic E-state index is 10.4. The van der Waals surface area contributed by atoms with E-state index in [4.69, 9.17) is 10.4 Å². The average molecular weight is 310 g/mol. The van der Waals surface area contributed by atoms with Gasteiger partial charge in [-0.25, -0.2) is 4.89 Å². The summed E-state index contributed by atoms with van der Waals surface area (Å²) < 4.78 is 0. The van der Waals surface area contributed by atoms with Crippen molar-refractivity contribution in [2.75, 3.05) is 0 Å². The highest BCUT2D eigenvalue weighted by atomic mass is 17.1. The Bertz CT molecular complexity index is 345. The van der Waals surface area contributed by atoms with E-state index < -0.39 is 5.97 Å². The van der Waals surface area contributed by atoms with Crippen molar-refractivity contribution < 1.29 is 20.0 Å². The molecular formula is C18H30O4. The third kappa shape index (κ3) is 15.0. The lowest BCUT2D eigenvalue weighted by Gasteiger charge is -2.08. The lowest BCUT2D eigenvalue weighted by atomic mass is 10.1. The van der Waals surface area contributed by atoms with Gasteiger partial charge in [-0.1, -0.05) is 69.1 Å². The van der Waals surface area contributed by atoms with Gasteiger partial charge in [0.2, 0.25) is 0 Å². The third-order valence-electron chi connectivity index (χ3n) is 3.26. The van der Waals surface area contributed by atoms with Crippen LogP contribution in [-0.4, -0.2) is 22.4 Å². The lowest BCUT2D eigenvalue weighted by molar-refractivity contribution is -0.267. The van der Waals surface area contributed by atoms with Crippen molar-refractivity contribution in [1.29, 1.82) is 0 Å². The van der Waals surface area contributed by atoms with Gasteiger partial charge < -0.3 is 5.11 Å². The Morgan fingerprint density at radius 2 is 1.77 bits per heavy atom. The zero-order valence-electron chi connectivity index (χ0n) is 13.6. The van der Waals surface area contributed by atoms with Crippen molar-refractivity contribution in [2.24, 2.45) is 0 Å². The minimum Gasteiger partial charge on any atom is -0.481 e. The highest BCUT2D eigenvalue weighted by molar-refractivity contribution is 5.66. The minimum atomic E-state index is -0.725. The number of rotatable bonds is 14. The SMILES string of the molecule is CC/C=C/C/C=C/C=C/[C@H](CCCCCCCC(=O)O)OO. The number of allylic oxidation sites excluding steroid dienone is 5. The summed E-state index contributed by atoms with van der Waals surface area (Å²) in [5, 5.41) is 17.4. The van der Waals surface area contributed by atoms with E-state index in [1.807, 2.05) is 18.2 Å². The first-order valence-electron chi connectivity index (χ1n) is 8.21. The Labute approximate surface area is 134 Å². The van der Waals surface area contributed by atoms with E-state index in [1.165, 1.54) is 0 Å². The molecule has 0 aromatic carbocycles. The molecule has 0 aromatic heterocycles. The van der Waals surface area contributed by atoms with E-state index in [0.717, 1.165) is 51.4 Å². The van der Waals surface area contributed by atoms with Gasteiger partial charge in [0.05, 0.1) is 0 Å². The Kier molecular flexibility index (Phi) is 15.0. The van der Waals surface area contributed by atoms with Gasteiger partial charge in [-0.2, -0.15) is 0 Å². The molecule has 22 heavy (non-hydrogen) atoms. The van der Waals surface area contributed by atoms with Crippen LogP contribution in [0.3, 0.4) is 0 Å². The molecule has 1 atom stereocenters. The van der Waals surface area contributed by atoms with E-state index >= 15 is 0 Å². The molecule has 0 amide bonds. The summed E-state index contributed by atoms with van der Waals surface area (Å²) in [6.07, 6.45) is 19.5. The summed E-state index contributed by atoms with van der Waals surface area (Å²) in [7, 11) is 0. The second-order valence-electron chi connectivity index (χ2n) is 5.27. The zero-order chi connectivity index (χ0) is 16.5. The average Bonchev–Trinajstić information content (AvgIpc) is 2.50. The quantitative estimate of drug-likeness (QED) is 0.153. The van der Waals surface area contributed by atoms with Crippen molar-refractivity contribution in [3.63, 3.8) is 0 Å². The Morgan fingerprint density at radius 1 is 1.05 bits per heavy atom. The summed E-state index contributed by atoms with van der Waals surface area (Å²) in [6, 6.07) is 0. The van der Waals surface area contributed by atoms with Gasteiger partial charge in [0, 0.05) is 6.42 Å². The zero-order valence-corrected chi connectivity index (χ0v) is 13.6. The first kappa shape index (κ1) is 20.6. The number of aliphatic carboxylic acids is 1. The van der Waals surface area contributed by atoms with E-state index in [2.05, 4.69) is 30.0 Å². The van der Waals surface area contributed by atoms with Gasteiger partial charge in [0.1, 0.15) is 6.10 Å². The molecular weight excluding hydrogens is 280 g/mol. The predicted molar refractivity (Wildman–Crippen MR) is 89.8 cm³/mol. The number of hydrogen-bond donors (Lipinski definition) is 2. The molecule has 0 saturated carbocycles. The lowest BCUT2D eigenvalue weighted by Crippen LogP contribution is -2.06. The summed E-state index contributed by atoms with van der Waals surface area (Å²) in [5.74, 6) is -0.725. The van der Waals surface area contributed by atoms with Crippen molar-refractivity contribution >= 4 is 5.97 Å². The first-order chi connectivity index (χ1) is 10.7. The summed E-state index contributed by atoms with van der Waals surface area (Å²) in [4.78, 5) is 14.8. The van der Waals surface area contributed by atoms with Gasteiger partial charge in [-0.05, 0) is 25.7 Å². The molecule has 0 aromatic rings. The van der Waals surface area contributed by atoms with Crippen molar-refractivity contribution in [2.45, 2.75) is 70.8 Å². The Morgan fingerprint density at radius 3 is 2.45 bits per heavy atom. The van der Waals surface area contributed by atoms with Crippen LogP contribution in [0.5, 0.6) is 0 Å². The molecule has 0 aliphatic carbocycles. The van der Waals surface area contributed by atoms with Gasteiger partial charge in [-0.3, -0.25) is 10.1 Å². The highest BCUT2D eigenvalue weighted by Crippen LogP contribution is 2.11. The van der Waals surface area contributed by atoms with Crippen LogP contribution in [0.1, 0.15) is 64.7 Å². The number of carbonyl (C=O) groups is 1. The van der Waals surface area contributed by atoms with Gasteiger partial charge >= 0.3 is 5.97 Å². The number of carboxylic acid groups (broad SMARTS) is 1. The van der Waals surface area contributed by atoms with Crippen LogP contribution in [0, 0.1) is 0 Å². The molecule has 4 nitrogen and oxygen atoms in total. The normalized spacial score (nSPS) is 13.5. The highest BCUT2D eigenvalue weighted by Gasteiger charge is 2.03. The molecule has 0 aliphatic heterocycles. The largest absolute Gasteiger partial charge is 0.481 e. The maximum Gasteiger partial charge on any atom is 0.303 e. The second kappa shape index (κ2) is 16.0. The van der Waals surface area contributed by atoms with Crippen LogP contribution in [0.25, 0.3) is 0 Å². The fourth-order valence-corrected chi connectivity index (χ4v) is 2.02. The summed E-state index contributed by atoms with van der Waals surface area (Å²) in [6.45, 7) is 2.11. The minimum absolute atomic E-state index is 0.255. The third-order valence-corrected chi connectivity index (χ3v) is 3.26. The van der Waals surface area contributed by atoms with Crippen LogP contribution in [-0.2, 0) is 9.68 Å².